The zero-order chi connectivity index (χ0) is 16.0. The molecule has 1 aromatic rings. The number of carboxylic acids is 1. The summed E-state index contributed by atoms with van der Waals surface area (Å²) >= 11 is 8.20. The van der Waals surface area contributed by atoms with E-state index in [9.17, 15) is 14.7 Å². The number of amides is 2. The molecule has 2 amide bonds. The van der Waals surface area contributed by atoms with Crippen molar-refractivity contribution >= 4 is 61.3 Å². The van der Waals surface area contributed by atoms with Gasteiger partial charge in [0.1, 0.15) is 0 Å². The second-order valence-corrected chi connectivity index (χ2v) is 7.15. The monoisotopic (exact) mass is 438 g/mol. The van der Waals surface area contributed by atoms with E-state index in [1.54, 1.807) is 17.8 Å². The van der Waals surface area contributed by atoms with E-state index < -0.39 is 12.0 Å². The molecule has 0 radical (unpaired) electrons. The molecule has 0 fully saturated rings. The first kappa shape index (κ1) is 18.3. The molecule has 1 aromatic carbocycles. The number of nitrogens with one attached hydrogen (secondary N) is 2. The molecule has 1 unspecified atom stereocenters. The fourth-order valence-electron chi connectivity index (χ4n) is 1.61. The van der Waals surface area contributed by atoms with Gasteiger partial charge >= 0.3 is 12.0 Å². The van der Waals surface area contributed by atoms with Crippen molar-refractivity contribution in [2.45, 2.75) is 19.4 Å². The molecule has 0 aliphatic rings. The number of urea groups is 1. The summed E-state index contributed by atoms with van der Waals surface area (Å²) in [5.74, 6) is -0.160. The molecule has 0 aromatic heterocycles. The Hall–Kier alpha value is -0.730. The molecule has 0 aliphatic heterocycles. The second-order valence-electron chi connectivity index (χ2n) is 4.40. The Morgan fingerprint density at radius 2 is 2.05 bits per heavy atom. The van der Waals surface area contributed by atoms with E-state index in [4.69, 9.17) is 0 Å². The second kappa shape index (κ2) is 8.65. The highest BCUT2D eigenvalue weighted by Gasteiger charge is 2.17. The maximum atomic E-state index is 11.9. The van der Waals surface area contributed by atoms with Crippen LogP contribution in [0.2, 0.25) is 0 Å². The quantitative estimate of drug-likeness (QED) is 0.621. The van der Waals surface area contributed by atoms with Crippen molar-refractivity contribution in [2.24, 2.45) is 0 Å². The van der Waals surface area contributed by atoms with Gasteiger partial charge in [0.15, 0.2) is 0 Å². The molecule has 0 saturated heterocycles. The van der Waals surface area contributed by atoms with Crippen molar-refractivity contribution in [3.63, 3.8) is 0 Å². The van der Waals surface area contributed by atoms with Crippen LogP contribution in [-0.4, -0.2) is 35.2 Å². The summed E-state index contributed by atoms with van der Waals surface area (Å²) in [5, 5.41) is 14.6. The van der Waals surface area contributed by atoms with Crippen LogP contribution >= 0.6 is 43.6 Å². The number of thioether (sulfide) groups is 1. The van der Waals surface area contributed by atoms with E-state index in [2.05, 4.69) is 42.5 Å². The maximum absolute atomic E-state index is 11.9. The minimum Gasteiger partial charge on any atom is -0.478 e. The number of anilines is 1. The van der Waals surface area contributed by atoms with Crippen LogP contribution in [0.1, 0.15) is 23.7 Å². The molecule has 0 aliphatic carbocycles. The van der Waals surface area contributed by atoms with Gasteiger partial charge in [-0.2, -0.15) is 11.8 Å². The van der Waals surface area contributed by atoms with Crippen molar-refractivity contribution in [1.82, 2.24) is 5.32 Å². The molecule has 8 heteroatoms. The third-order valence-electron chi connectivity index (χ3n) is 2.66. The van der Waals surface area contributed by atoms with Gasteiger partial charge in [0.25, 0.3) is 0 Å². The maximum Gasteiger partial charge on any atom is 0.337 e. The number of carbonyl (C=O) groups is 2. The number of aromatic carboxylic acids is 1. The highest BCUT2D eigenvalue weighted by molar-refractivity contribution is 9.11. The van der Waals surface area contributed by atoms with Gasteiger partial charge < -0.3 is 15.7 Å². The van der Waals surface area contributed by atoms with Crippen LogP contribution in [-0.2, 0) is 0 Å². The Morgan fingerprint density at radius 1 is 1.38 bits per heavy atom. The van der Waals surface area contributed by atoms with E-state index in [-0.39, 0.29) is 17.3 Å². The van der Waals surface area contributed by atoms with Crippen LogP contribution < -0.4 is 10.6 Å². The summed E-state index contributed by atoms with van der Waals surface area (Å²) in [6.07, 6.45) is 2.85. The van der Waals surface area contributed by atoms with Crippen molar-refractivity contribution in [3.05, 3.63) is 26.6 Å². The zero-order valence-corrected chi connectivity index (χ0v) is 15.6. The van der Waals surface area contributed by atoms with Gasteiger partial charge in [0, 0.05) is 15.0 Å². The van der Waals surface area contributed by atoms with Crippen molar-refractivity contribution < 1.29 is 14.7 Å². The molecule has 0 heterocycles. The van der Waals surface area contributed by atoms with Gasteiger partial charge in [-0.25, -0.2) is 9.59 Å². The van der Waals surface area contributed by atoms with Crippen LogP contribution in [0.4, 0.5) is 10.5 Å². The normalized spacial score (nSPS) is 11.8. The lowest BCUT2D eigenvalue weighted by molar-refractivity contribution is 0.0698. The molecule has 0 saturated carbocycles. The average molecular weight is 440 g/mol. The highest BCUT2D eigenvalue weighted by atomic mass is 79.9. The van der Waals surface area contributed by atoms with Crippen LogP contribution in [0.3, 0.4) is 0 Å². The van der Waals surface area contributed by atoms with Crippen molar-refractivity contribution in [2.75, 3.05) is 17.3 Å². The fraction of sp³-hybridized carbons (Fsp3) is 0.385. The number of benzene rings is 1. The van der Waals surface area contributed by atoms with E-state index in [0.717, 1.165) is 12.2 Å². The smallest absolute Gasteiger partial charge is 0.337 e. The molecule has 0 spiro atoms. The molecule has 3 N–H and O–H groups in total. The van der Waals surface area contributed by atoms with Crippen molar-refractivity contribution in [1.29, 1.82) is 0 Å². The number of rotatable bonds is 6. The first-order chi connectivity index (χ1) is 9.85. The Labute approximate surface area is 144 Å². The Bertz CT molecular complexity index is 540. The third-order valence-corrected chi connectivity index (χ3v) is 4.38. The number of hydrogen-bond donors (Lipinski definition) is 3. The van der Waals surface area contributed by atoms with Crippen molar-refractivity contribution in [3.8, 4) is 0 Å². The summed E-state index contributed by atoms with van der Waals surface area (Å²) in [6.45, 7) is 1.91. The summed E-state index contributed by atoms with van der Waals surface area (Å²) in [4.78, 5) is 23.2. The molecule has 1 atom stereocenters. The van der Waals surface area contributed by atoms with Crippen LogP contribution in [0.25, 0.3) is 0 Å². The Balaban J connectivity index is 2.83. The standard InChI is InChI=1S/C13H16Br2N2O3S/c1-7(3-4-21-2)16-13(20)17-11-9(12(18)19)5-8(14)6-10(11)15/h5-7H,3-4H2,1-2H3,(H,18,19)(H2,16,17,20). The SMILES string of the molecule is CSCCC(C)NC(=O)Nc1c(Br)cc(Br)cc1C(=O)O. The largest absolute Gasteiger partial charge is 0.478 e. The Kier molecular flexibility index (Phi) is 7.55. The van der Waals surface area contributed by atoms with Crippen LogP contribution in [0, 0.1) is 0 Å². The fourth-order valence-corrected chi connectivity index (χ4v) is 3.52. The van der Waals surface area contributed by atoms with Gasteiger partial charge in [-0.3, -0.25) is 0 Å². The molecule has 21 heavy (non-hydrogen) atoms. The Morgan fingerprint density at radius 3 is 2.62 bits per heavy atom. The minimum atomic E-state index is -1.11. The van der Waals surface area contributed by atoms with Gasteiger partial charge in [0.2, 0.25) is 0 Å². The molecular weight excluding hydrogens is 424 g/mol. The topological polar surface area (TPSA) is 78.4 Å². The molecule has 5 nitrogen and oxygen atoms in total. The third kappa shape index (κ3) is 5.88. The number of halogens is 2. The molecule has 1 rings (SSSR count). The summed E-state index contributed by atoms with van der Waals surface area (Å²) in [6, 6.07) is 2.72. The lowest BCUT2D eigenvalue weighted by Gasteiger charge is -2.16. The number of carboxylic acid groups (broad SMARTS) is 1. The minimum absolute atomic E-state index is 0.0138. The van der Waals surface area contributed by atoms with E-state index >= 15 is 0 Å². The summed E-state index contributed by atoms with van der Waals surface area (Å²) < 4.78 is 1.12. The lowest BCUT2D eigenvalue weighted by Crippen LogP contribution is -2.36. The number of hydrogen-bond acceptors (Lipinski definition) is 3. The summed E-state index contributed by atoms with van der Waals surface area (Å²) in [5.41, 5.74) is 0.253. The van der Waals surface area contributed by atoms with Gasteiger partial charge in [-0.1, -0.05) is 15.9 Å². The van der Waals surface area contributed by atoms with Crippen LogP contribution in [0.5, 0.6) is 0 Å². The number of carbonyl (C=O) groups excluding carboxylic acids is 1. The molecule has 116 valence electrons. The van der Waals surface area contributed by atoms with E-state index in [1.807, 2.05) is 13.2 Å². The van der Waals surface area contributed by atoms with Gasteiger partial charge in [-0.05, 0) is 53.4 Å². The highest BCUT2D eigenvalue weighted by Crippen LogP contribution is 2.30. The van der Waals surface area contributed by atoms with E-state index in [0.29, 0.717) is 8.95 Å². The predicted molar refractivity (Wildman–Crippen MR) is 93.4 cm³/mol. The van der Waals surface area contributed by atoms with E-state index in [1.165, 1.54) is 6.07 Å². The molecule has 0 bridgehead atoms. The van der Waals surface area contributed by atoms with Gasteiger partial charge in [0.05, 0.1) is 11.3 Å². The summed E-state index contributed by atoms with van der Waals surface area (Å²) in [7, 11) is 0. The first-order valence-corrected chi connectivity index (χ1v) is 9.12. The average Bonchev–Trinajstić information content (AvgIpc) is 2.38. The first-order valence-electron chi connectivity index (χ1n) is 6.14. The lowest BCUT2D eigenvalue weighted by atomic mass is 10.2. The van der Waals surface area contributed by atoms with Gasteiger partial charge in [-0.15, -0.1) is 0 Å². The molecular formula is C13H16Br2N2O3S. The zero-order valence-electron chi connectivity index (χ0n) is 11.6. The predicted octanol–water partition coefficient (Wildman–Crippen LogP) is 4.17. The van der Waals surface area contributed by atoms with Crippen LogP contribution in [0.15, 0.2) is 21.1 Å².